The van der Waals surface area contributed by atoms with Crippen molar-refractivity contribution < 1.29 is 9.22 Å². The molecule has 0 aromatic rings. The number of isocyanates is 1. The molecule has 0 aromatic carbocycles. The summed E-state index contributed by atoms with van der Waals surface area (Å²) < 4.78 is 6.26. The van der Waals surface area contributed by atoms with Crippen molar-refractivity contribution in [2.45, 2.75) is 63.8 Å². The SMILES string of the molecule is C[Si](C)(CCCN=C=O)OC1CCCCC1. The molecule has 1 aliphatic carbocycles. The Balaban J connectivity index is 2.23. The van der Waals surface area contributed by atoms with Crippen LogP contribution in [0, 0.1) is 0 Å². The van der Waals surface area contributed by atoms with Crippen LogP contribution in [0.15, 0.2) is 4.99 Å². The minimum atomic E-state index is -1.53. The van der Waals surface area contributed by atoms with E-state index in [0.29, 0.717) is 12.6 Å². The zero-order chi connectivity index (χ0) is 11.9. The van der Waals surface area contributed by atoms with Gasteiger partial charge in [0.05, 0.1) is 6.54 Å². The molecule has 0 spiro atoms. The van der Waals surface area contributed by atoms with Gasteiger partial charge in [0.1, 0.15) is 0 Å². The van der Waals surface area contributed by atoms with E-state index >= 15 is 0 Å². The van der Waals surface area contributed by atoms with Crippen LogP contribution in [0.25, 0.3) is 0 Å². The van der Waals surface area contributed by atoms with Crippen molar-refractivity contribution >= 4 is 14.4 Å². The molecule has 0 atom stereocenters. The number of nitrogens with zero attached hydrogens (tertiary/aromatic N) is 1. The summed E-state index contributed by atoms with van der Waals surface area (Å²) in [5.74, 6) is 0. The molecule has 4 heteroatoms. The summed E-state index contributed by atoms with van der Waals surface area (Å²) in [5, 5.41) is 0. The van der Waals surface area contributed by atoms with E-state index in [2.05, 4.69) is 18.1 Å². The fraction of sp³-hybridized carbons (Fsp3) is 0.917. The van der Waals surface area contributed by atoms with Gasteiger partial charge < -0.3 is 4.43 Å². The van der Waals surface area contributed by atoms with Crippen LogP contribution in [-0.4, -0.2) is 27.0 Å². The normalized spacial score (nSPS) is 18.1. The molecule has 0 unspecified atom stereocenters. The maximum Gasteiger partial charge on any atom is 0.234 e. The summed E-state index contributed by atoms with van der Waals surface area (Å²) in [5.41, 5.74) is 0. The first-order chi connectivity index (χ1) is 7.64. The molecule has 0 bridgehead atoms. The van der Waals surface area contributed by atoms with Crippen molar-refractivity contribution in [2.24, 2.45) is 4.99 Å². The average molecular weight is 241 g/mol. The van der Waals surface area contributed by atoms with Crippen LogP contribution < -0.4 is 0 Å². The second kappa shape index (κ2) is 7.00. The molecule has 1 saturated carbocycles. The predicted octanol–water partition coefficient (Wildman–Crippen LogP) is 3.27. The number of aliphatic imine (C=N–C) groups is 1. The summed E-state index contributed by atoms with van der Waals surface area (Å²) in [6, 6.07) is 1.09. The van der Waals surface area contributed by atoms with Crippen molar-refractivity contribution in [3.05, 3.63) is 0 Å². The van der Waals surface area contributed by atoms with Crippen LogP contribution in [0.5, 0.6) is 0 Å². The standard InChI is InChI=1S/C12H23NO2Si/c1-16(2,10-6-9-13-11-14)15-12-7-4-3-5-8-12/h12H,3-10H2,1-2H3. The van der Waals surface area contributed by atoms with Gasteiger partial charge >= 0.3 is 0 Å². The first-order valence-corrected chi connectivity index (χ1v) is 9.47. The van der Waals surface area contributed by atoms with Gasteiger partial charge in [0.25, 0.3) is 0 Å². The van der Waals surface area contributed by atoms with Crippen molar-refractivity contribution in [3.8, 4) is 0 Å². The average Bonchev–Trinajstić information content (AvgIpc) is 2.25. The third-order valence-corrected chi connectivity index (χ3v) is 5.68. The Morgan fingerprint density at radius 3 is 2.62 bits per heavy atom. The van der Waals surface area contributed by atoms with Gasteiger partial charge in [-0.25, -0.2) is 9.79 Å². The molecule has 0 amide bonds. The minimum absolute atomic E-state index is 0.505. The maximum absolute atomic E-state index is 9.93. The topological polar surface area (TPSA) is 38.7 Å². The highest BCUT2D eigenvalue weighted by Crippen LogP contribution is 2.25. The van der Waals surface area contributed by atoms with Gasteiger partial charge in [-0.05, 0) is 38.4 Å². The van der Waals surface area contributed by atoms with E-state index < -0.39 is 8.32 Å². The lowest BCUT2D eigenvalue weighted by Gasteiger charge is -2.31. The van der Waals surface area contributed by atoms with Crippen molar-refractivity contribution in [1.82, 2.24) is 0 Å². The van der Waals surface area contributed by atoms with Crippen LogP contribution in [0.4, 0.5) is 0 Å². The molecular weight excluding hydrogens is 218 g/mol. The third kappa shape index (κ3) is 5.59. The first kappa shape index (κ1) is 13.6. The van der Waals surface area contributed by atoms with E-state index in [1.165, 1.54) is 32.1 Å². The molecule has 1 fully saturated rings. The molecule has 16 heavy (non-hydrogen) atoms. The van der Waals surface area contributed by atoms with Gasteiger partial charge in [-0.1, -0.05) is 19.3 Å². The largest absolute Gasteiger partial charge is 0.414 e. The Labute approximate surface area is 99.4 Å². The molecule has 92 valence electrons. The maximum atomic E-state index is 9.93. The molecule has 3 nitrogen and oxygen atoms in total. The first-order valence-electron chi connectivity index (χ1n) is 6.35. The van der Waals surface area contributed by atoms with E-state index in [4.69, 9.17) is 4.43 Å². The highest BCUT2D eigenvalue weighted by atomic mass is 28.4. The number of hydrogen-bond donors (Lipinski definition) is 0. The van der Waals surface area contributed by atoms with Gasteiger partial charge in [-0.15, -0.1) is 0 Å². The fourth-order valence-corrected chi connectivity index (χ4v) is 4.59. The molecular formula is C12H23NO2Si. The summed E-state index contributed by atoms with van der Waals surface area (Å²) in [7, 11) is -1.53. The smallest absolute Gasteiger partial charge is 0.234 e. The lowest BCUT2D eigenvalue weighted by molar-refractivity contribution is 0.145. The van der Waals surface area contributed by atoms with E-state index in [-0.39, 0.29) is 0 Å². The van der Waals surface area contributed by atoms with Crippen LogP contribution in [0.2, 0.25) is 19.1 Å². The molecule has 1 rings (SSSR count). The molecule has 0 N–H and O–H groups in total. The second-order valence-electron chi connectivity index (χ2n) is 5.21. The van der Waals surface area contributed by atoms with Crippen molar-refractivity contribution in [2.75, 3.05) is 6.54 Å². The monoisotopic (exact) mass is 241 g/mol. The summed E-state index contributed by atoms with van der Waals surface area (Å²) in [6.45, 7) is 5.15. The molecule has 0 radical (unpaired) electrons. The summed E-state index contributed by atoms with van der Waals surface area (Å²) in [6.07, 6.45) is 9.55. The van der Waals surface area contributed by atoms with Gasteiger partial charge in [-0.2, -0.15) is 0 Å². The predicted molar refractivity (Wildman–Crippen MR) is 67.9 cm³/mol. The van der Waals surface area contributed by atoms with Crippen molar-refractivity contribution in [1.29, 1.82) is 0 Å². The Kier molecular flexibility index (Phi) is 5.96. The summed E-state index contributed by atoms with van der Waals surface area (Å²) in [4.78, 5) is 13.5. The number of hydrogen-bond acceptors (Lipinski definition) is 3. The van der Waals surface area contributed by atoms with E-state index in [0.717, 1.165) is 12.5 Å². The zero-order valence-corrected chi connectivity index (χ0v) is 11.5. The molecule has 0 aliphatic heterocycles. The number of carbonyl (C=O) groups excluding carboxylic acids is 1. The van der Waals surface area contributed by atoms with E-state index in [1.54, 1.807) is 6.08 Å². The quantitative estimate of drug-likeness (QED) is 0.310. The van der Waals surface area contributed by atoms with Crippen LogP contribution in [0.1, 0.15) is 38.5 Å². The fourth-order valence-electron chi connectivity index (χ4n) is 2.32. The second-order valence-corrected chi connectivity index (χ2v) is 9.47. The Bertz CT molecular complexity index is 243. The van der Waals surface area contributed by atoms with E-state index in [1.807, 2.05) is 0 Å². The molecule has 1 aliphatic rings. The van der Waals surface area contributed by atoms with Crippen molar-refractivity contribution in [3.63, 3.8) is 0 Å². The highest BCUT2D eigenvalue weighted by molar-refractivity contribution is 6.71. The molecule has 0 aromatic heterocycles. The molecule has 0 heterocycles. The van der Waals surface area contributed by atoms with Gasteiger partial charge in [0.15, 0.2) is 8.32 Å². The Hall–Kier alpha value is -0.443. The Morgan fingerprint density at radius 1 is 1.31 bits per heavy atom. The highest BCUT2D eigenvalue weighted by Gasteiger charge is 2.26. The third-order valence-electron chi connectivity index (χ3n) is 3.15. The lowest BCUT2D eigenvalue weighted by atomic mass is 9.98. The van der Waals surface area contributed by atoms with Crippen LogP contribution in [-0.2, 0) is 9.22 Å². The minimum Gasteiger partial charge on any atom is -0.414 e. The van der Waals surface area contributed by atoms with Crippen LogP contribution >= 0.6 is 0 Å². The van der Waals surface area contributed by atoms with E-state index in [9.17, 15) is 4.79 Å². The van der Waals surface area contributed by atoms with Gasteiger partial charge in [0, 0.05) is 6.10 Å². The summed E-state index contributed by atoms with van der Waals surface area (Å²) >= 11 is 0. The van der Waals surface area contributed by atoms with Gasteiger partial charge in [-0.3, -0.25) is 0 Å². The van der Waals surface area contributed by atoms with Crippen LogP contribution in [0.3, 0.4) is 0 Å². The van der Waals surface area contributed by atoms with Gasteiger partial charge in [0.2, 0.25) is 6.08 Å². The Morgan fingerprint density at radius 2 is 2.00 bits per heavy atom. The zero-order valence-electron chi connectivity index (χ0n) is 10.5. The lowest BCUT2D eigenvalue weighted by Crippen LogP contribution is -2.36. The molecule has 0 saturated heterocycles. The number of rotatable bonds is 6.